The van der Waals surface area contributed by atoms with E-state index >= 15 is 0 Å². The Morgan fingerprint density at radius 1 is 1.10 bits per heavy atom. The molecule has 0 aliphatic carbocycles. The second kappa shape index (κ2) is 7.74. The molecule has 0 unspecified atom stereocenters. The fourth-order valence-electron chi connectivity index (χ4n) is 1.44. The summed E-state index contributed by atoms with van der Waals surface area (Å²) in [6, 6.07) is 8.46. The first-order valence-corrected chi connectivity index (χ1v) is 6.18. The maximum absolute atomic E-state index is 11.7. The van der Waals surface area contributed by atoms with E-state index in [9.17, 15) is 9.59 Å². The Morgan fingerprint density at radius 2 is 1.60 bits per heavy atom. The highest BCUT2D eigenvalue weighted by Gasteiger charge is 2.20. The van der Waals surface area contributed by atoms with Gasteiger partial charge in [0, 0.05) is 0 Å². The summed E-state index contributed by atoms with van der Waals surface area (Å²) in [6.45, 7) is 3.65. The zero-order chi connectivity index (χ0) is 15.0. The molecule has 1 aromatic rings. The van der Waals surface area contributed by atoms with Crippen LogP contribution in [0.4, 0.5) is 0 Å². The van der Waals surface area contributed by atoms with E-state index in [0.717, 1.165) is 0 Å². The van der Waals surface area contributed by atoms with Gasteiger partial charge in [-0.05, 0) is 37.6 Å². The van der Waals surface area contributed by atoms with Crippen molar-refractivity contribution in [2.75, 3.05) is 13.2 Å². The number of hydrogen-bond donors (Lipinski definition) is 0. The molecule has 1 aromatic carbocycles. The van der Waals surface area contributed by atoms with Gasteiger partial charge in [0.05, 0.1) is 24.8 Å². The van der Waals surface area contributed by atoms with Crippen molar-refractivity contribution in [1.29, 1.82) is 5.26 Å². The van der Waals surface area contributed by atoms with Crippen LogP contribution in [-0.2, 0) is 19.1 Å². The zero-order valence-corrected chi connectivity index (χ0v) is 11.4. The Labute approximate surface area is 117 Å². The number of hydrogen-bond acceptors (Lipinski definition) is 5. The van der Waals surface area contributed by atoms with E-state index in [4.69, 9.17) is 14.7 Å². The average molecular weight is 273 g/mol. The smallest absolute Gasteiger partial charge is 0.345 e. The van der Waals surface area contributed by atoms with Crippen molar-refractivity contribution in [2.45, 2.75) is 13.8 Å². The number of carbonyl (C=O) groups is 2. The topological polar surface area (TPSA) is 76.4 Å². The Bertz CT molecular complexity index is 532. The molecule has 0 fully saturated rings. The van der Waals surface area contributed by atoms with Crippen LogP contribution in [0.15, 0.2) is 29.8 Å². The number of carbonyl (C=O) groups excluding carboxylic acids is 2. The molecular weight excluding hydrogens is 258 g/mol. The van der Waals surface area contributed by atoms with E-state index in [2.05, 4.69) is 0 Å². The molecule has 5 heteroatoms. The van der Waals surface area contributed by atoms with Crippen molar-refractivity contribution in [3.05, 3.63) is 41.0 Å². The second-order valence-corrected chi connectivity index (χ2v) is 3.73. The lowest BCUT2D eigenvalue weighted by Crippen LogP contribution is -2.18. The van der Waals surface area contributed by atoms with Gasteiger partial charge >= 0.3 is 11.9 Å². The normalized spacial score (nSPS) is 9.25. The van der Waals surface area contributed by atoms with E-state index in [1.54, 1.807) is 38.1 Å². The number of benzene rings is 1. The molecule has 1 rings (SSSR count). The summed E-state index contributed by atoms with van der Waals surface area (Å²) < 4.78 is 9.66. The van der Waals surface area contributed by atoms with Gasteiger partial charge < -0.3 is 9.47 Å². The molecule has 0 bridgehead atoms. The Hall–Kier alpha value is -2.61. The van der Waals surface area contributed by atoms with Crippen molar-refractivity contribution in [3.63, 3.8) is 0 Å². The first kappa shape index (κ1) is 15.4. The fourth-order valence-corrected chi connectivity index (χ4v) is 1.44. The first-order chi connectivity index (χ1) is 9.62. The summed E-state index contributed by atoms with van der Waals surface area (Å²) in [5, 5.41) is 8.71. The van der Waals surface area contributed by atoms with Crippen molar-refractivity contribution < 1.29 is 19.1 Å². The van der Waals surface area contributed by atoms with Crippen LogP contribution in [0.25, 0.3) is 6.08 Å². The highest BCUT2D eigenvalue weighted by atomic mass is 16.6. The molecule has 20 heavy (non-hydrogen) atoms. The molecule has 0 radical (unpaired) electrons. The number of rotatable bonds is 5. The van der Waals surface area contributed by atoms with Gasteiger partial charge in [-0.2, -0.15) is 5.26 Å². The minimum absolute atomic E-state index is 0.168. The molecule has 5 nitrogen and oxygen atoms in total. The van der Waals surface area contributed by atoms with Gasteiger partial charge in [-0.3, -0.25) is 0 Å². The van der Waals surface area contributed by atoms with E-state index in [1.165, 1.54) is 6.08 Å². The van der Waals surface area contributed by atoms with Gasteiger partial charge in [0.2, 0.25) is 0 Å². The van der Waals surface area contributed by atoms with Gasteiger partial charge in [0.1, 0.15) is 5.57 Å². The minimum atomic E-state index is -0.727. The third-order valence-electron chi connectivity index (χ3n) is 2.34. The molecule has 0 saturated heterocycles. The van der Waals surface area contributed by atoms with Crippen LogP contribution in [0.2, 0.25) is 0 Å². The lowest BCUT2D eigenvalue weighted by atomic mass is 10.1. The number of nitrogens with zero attached hydrogens (tertiary/aromatic N) is 1. The number of ether oxygens (including phenoxy) is 2. The lowest BCUT2D eigenvalue weighted by molar-refractivity contribution is -0.146. The molecular formula is C15H15NO4. The van der Waals surface area contributed by atoms with Crippen LogP contribution in [0.3, 0.4) is 0 Å². The van der Waals surface area contributed by atoms with Gasteiger partial charge in [-0.25, -0.2) is 9.59 Å². The maximum atomic E-state index is 11.7. The van der Waals surface area contributed by atoms with Crippen molar-refractivity contribution in [3.8, 4) is 6.07 Å². The third kappa shape index (κ3) is 4.25. The van der Waals surface area contributed by atoms with Crippen molar-refractivity contribution in [2.24, 2.45) is 0 Å². The Morgan fingerprint density at radius 3 is 2.00 bits per heavy atom. The quantitative estimate of drug-likeness (QED) is 0.355. The van der Waals surface area contributed by atoms with Crippen LogP contribution in [0.1, 0.15) is 25.0 Å². The summed E-state index contributed by atoms with van der Waals surface area (Å²) in [5.41, 5.74) is 0.939. The summed E-state index contributed by atoms with van der Waals surface area (Å²) in [6.07, 6.45) is 1.39. The predicted octanol–water partition coefficient (Wildman–Crippen LogP) is 2.07. The molecule has 104 valence electrons. The van der Waals surface area contributed by atoms with Crippen LogP contribution in [0, 0.1) is 11.3 Å². The average Bonchev–Trinajstić information content (AvgIpc) is 2.45. The van der Waals surface area contributed by atoms with Crippen molar-refractivity contribution >= 4 is 18.0 Å². The highest BCUT2D eigenvalue weighted by molar-refractivity contribution is 6.17. The number of esters is 2. The molecule has 0 heterocycles. The summed E-state index contributed by atoms with van der Waals surface area (Å²) in [4.78, 5) is 23.5. The third-order valence-corrected chi connectivity index (χ3v) is 2.34. The minimum Gasteiger partial charge on any atom is -0.462 e. The van der Waals surface area contributed by atoms with E-state index in [-0.39, 0.29) is 18.8 Å². The van der Waals surface area contributed by atoms with Crippen LogP contribution in [0.5, 0.6) is 0 Å². The molecule has 0 N–H and O–H groups in total. The Balaban J connectivity index is 3.07. The van der Waals surface area contributed by atoms with Gasteiger partial charge in [0.15, 0.2) is 0 Å². The van der Waals surface area contributed by atoms with Crippen molar-refractivity contribution in [1.82, 2.24) is 0 Å². The van der Waals surface area contributed by atoms with Crippen LogP contribution < -0.4 is 0 Å². The maximum Gasteiger partial charge on any atom is 0.345 e. The standard InChI is InChI=1S/C15H15NO4/c1-3-19-14(17)13(15(18)20-4-2)9-11-5-7-12(10-16)8-6-11/h5-9H,3-4H2,1-2H3. The fraction of sp³-hybridized carbons (Fsp3) is 0.267. The van der Waals surface area contributed by atoms with E-state index < -0.39 is 11.9 Å². The summed E-state index contributed by atoms with van der Waals surface area (Å²) in [5.74, 6) is -1.45. The molecule has 0 amide bonds. The zero-order valence-electron chi connectivity index (χ0n) is 11.4. The van der Waals surface area contributed by atoms with Crippen LogP contribution in [-0.4, -0.2) is 25.2 Å². The second-order valence-electron chi connectivity index (χ2n) is 3.73. The molecule has 0 spiro atoms. The Kier molecular flexibility index (Phi) is 5.98. The van der Waals surface area contributed by atoms with Gasteiger partial charge in [0.25, 0.3) is 0 Å². The monoisotopic (exact) mass is 273 g/mol. The van der Waals surface area contributed by atoms with Gasteiger partial charge in [-0.1, -0.05) is 12.1 Å². The first-order valence-electron chi connectivity index (χ1n) is 6.18. The number of nitriles is 1. The molecule has 0 saturated carbocycles. The predicted molar refractivity (Wildman–Crippen MR) is 72.4 cm³/mol. The van der Waals surface area contributed by atoms with Crippen LogP contribution >= 0.6 is 0 Å². The van der Waals surface area contributed by atoms with E-state index in [0.29, 0.717) is 11.1 Å². The van der Waals surface area contributed by atoms with Gasteiger partial charge in [-0.15, -0.1) is 0 Å². The lowest BCUT2D eigenvalue weighted by Gasteiger charge is -2.06. The molecule has 0 aromatic heterocycles. The summed E-state index contributed by atoms with van der Waals surface area (Å²) in [7, 11) is 0. The van der Waals surface area contributed by atoms with E-state index in [1.807, 2.05) is 6.07 Å². The molecule has 0 atom stereocenters. The largest absolute Gasteiger partial charge is 0.462 e. The highest BCUT2D eigenvalue weighted by Crippen LogP contribution is 2.11. The molecule has 0 aliphatic heterocycles. The summed E-state index contributed by atoms with van der Waals surface area (Å²) >= 11 is 0. The SMILES string of the molecule is CCOC(=O)C(=Cc1ccc(C#N)cc1)C(=O)OCC. The molecule has 0 aliphatic rings.